The van der Waals surface area contributed by atoms with E-state index in [-0.39, 0.29) is 63.4 Å². The van der Waals surface area contributed by atoms with Crippen LogP contribution in [-0.2, 0) is 75.0 Å². The smallest absolute Gasteiger partial charge is 0.303 e. The molecule has 0 spiro atoms. The van der Waals surface area contributed by atoms with Gasteiger partial charge in [-0.25, -0.2) is 8.42 Å². The van der Waals surface area contributed by atoms with Crippen molar-refractivity contribution >= 4 is 63.5 Å². The number of nitrogens with zero attached hydrogens (tertiary/aromatic N) is 2. The molecule has 20 nitrogen and oxygen atoms in total. The number of allylic oxidation sites excluding steroid dienone is 8. The zero-order valence-corrected chi connectivity index (χ0v) is 42.7. The highest BCUT2D eigenvalue weighted by molar-refractivity contribution is 7.86. The van der Waals surface area contributed by atoms with Gasteiger partial charge in [0.25, 0.3) is 30.4 Å². The maximum atomic E-state index is 12.3. The lowest BCUT2D eigenvalue weighted by atomic mass is 9.76. The molecule has 2 atom stereocenters. The van der Waals surface area contributed by atoms with Crippen LogP contribution in [0.15, 0.2) is 94.4 Å². The molecule has 0 radical (unpaired) electrons. The maximum Gasteiger partial charge on any atom is 0.303 e. The molecule has 4 N–H and O–H groups in total. The Balaban J connectivity index is 1.68. The van der Waals surface area contributed by atoms with E-state index >= 15 is 0 Å². The molecule has 0 saturated heterocycles. The predicted molar refractivity (Wildman–Crippen MR) is 260 cm³/mol. The first-order chi connectivity index (χ1) is 32.8. The van der Waals surface area contributed by atoms with Crippen LogP contribution < -0.4 is 4.90 Å². The van der Waals surface area contributed by atoms with Crippen LogP contribution in [0.2, 0.25) is 0 Å². The summed E-state index contributed by atoms with van der Waals surface area (Å²) in [6, 6.07) is 8.16. The highest BCUT2D eigenvalue weighted by atomic mass is 32.2. The molecule has 4 rings (SSSR count). The minimum absolute atomic E-state index is 0.00204. The van der Waals surface area contributed by atoms with Crippen LogP contribution in [0.3, 0.4) is 0 Å². The predicted octanol–water partition coefficient (Wildman–Crippen LogP) is 5.20. The van der Waals surface area contributed by atoms with Crippen LogP contribution in [0.1, 0.15) is 76.3 Å². The van der Waals surface area contributed by atoms with E-state index in [1.54, 1.807) is 69.6 Å². The number of methoxy groups -OCH3 is 1. The van der Waals surface area contributed by atoms with E-state index in [9.17, 15) is 56.7 Å². The number of ether oxygens (including phenoxy) is 4. The highest BCUT2D eigenvalue weighted by Crippen LogP contribution is 2.51. The topological polar surface area (TPSA) is 301 Å². The summed E-state index contributed by atoms with van der Waals surface area (Å²) >= 11 is 0. The molecule has 0 amide bonds. The average Bonchev–Trinajstić information content (AvgIpc) is 3.62. The van der Waals surface area contributed by atoms with Crippen LogP contribution >= 0.6 is 0 Å². The van der Waals surface area contributed by atoms with Gasteiger partial charge in [-0.05, 0) is 94.3 Å². The summed E-state index contributed by atoms with van der Waals surface area (Å²) in [7, 11) is -16.6. The molecule has 0 saturated carbocycles. The lowest BCUT2D eigenvalue weighted by Crippen LogP contribution is -2.32. The lowest BCUT2D eigenvalue weighted by molar-refractivity contribution is -0.438. The summed E-state index contributed by atoms with van der Waals surface area (Å²) in [6.45, 7) is 6.61. The van der Waals surface area contributed by atoms with Gasteiger partial charge in [-0.2, -0.15) is 29.8 Å². The second-order valence-corrected chi connectivity index (χ2v) is 23.1. The summed E-state index contributed by atoms with van der Waals surface area (Å²) in [4.78, 5) is 12.2. The second kappa shape index (κ2) is 26.0. The summed E-state index contributed by atoms with van der Waals surface area (Å²) < 4.78 is 161. The van der Waals surface area contributed by atoms with Crippen LogP contribution in [-0.4, -0.2) is 151 Å². The van der Waals surface area contributed by atoms with Crippen molar-refractivity contribution in [2.24, 2.45) is 0 Å². The number of hydrogen-bond donors (Lipinski definition) is 4. The van der Waals surface area contributed by atoms with Gasteiger partial charge >= 0.3 is 5.97 Å². The van der Waals surface area contributed by atoms with Crippen molar-refractivity contribution in [3.05, 3.63) is 95.8 Å². The first-order valence-corrected chi connectivity index (χ1v) is 28.6. The van der Waals surface area contributed by atoms with E-state index in [1.165, 1.54) is 30.3 Å². The second-order valence-electron chi connectivity index (χ2n) is 17.1. The fourth-order valence-corrected chi connectivity index (χ4v) is 10.7. The quantitative estimate of drug-likeness (QED) is 0.0317. The Morgan fingerprint density at radius 3 is 1.83 bits per heavy atom. The van der Waals surface area contributed by atoms with E-state index in [0.717, 1.165) is 0 Å². The van der Waals surface area contributed by atoms with Gasteiger partial charge in [-0.3, -0.25) is 18.5 Å². The molecule has 0 aromatic heterocycles. The van der Waals surface area contributed by atoms with Crippen molar-refractivity contribution in [1.29, 1.82) is 0 Å². The fourth-order valence-electron chi connectivity index (χ4n) is 8.65. The molecular formula is C46H64N2O18S4. The van der Waals surface area contributed by atoms with Crippen LogP contribution in [0.5, 0.6) is 0 Å². The minimum Gasteiger partial charge on any atom is -0.744 e. The third-order valence-corrected chi connectivity index (χ3v) is 15.3. The molecule has 24 heteroatoms. The number of unbranched alkanes of at least 4 members (excludes halogenated alkanes) is 2. The summed E-state index contributed by atoms with van der Waals surface area (Å²) in [5.74, 6) is -2.05. The number of carbonyl (C=O) groups is 1. The summed E-state index contributed by atoms with van der Waals surface area (Å²) in [6.07, 6.45) is 13.9. The standard InChI is InChI=1S/C46H64N2O18S4/c1-45(21-12-32-67(51,52)53)38-34-36(69(57,58)59)17-19-40(38)47(23-11-7-10-16-44(49)50)42(45)14-8-5-4-6-9-15-43-46(2,22-13-33-68(54,55)56)39-35-37(70(60,61)62)18-20-41(39)48(43)24-25-64-28-29-66-31-30-65-27-26-63-3/h4-6,8-9,14-15,17-20,34-35H,7,10-13,16,21-33H2,1-3H3,(H4-,49,50,51,52,53,54,55,56,57,58,59,60,61,62). The van der Waals surface area contributed by atoms with Gasteiger partial charge in [0.15, 0.2) is 5.71 Å². The van der Waals surface area contributed by atoms with Crippen molar-refractivity contribution in [1.82, 2.24) is 0 Å². The summed E-state index contributed by atoms with van der Waals surface area (Å²) in [5.41, 5.74) is 1.33. The van der Waals surface area contributed by atoms with Gasteiger partial charge < -0.3 is 33.5 Å². The van der Waals surface area contributed by atoms with E-state index in [4.69, 9.17) is 24.1 Å². The highest BCUT2D eigenvalue weighted by Gasteiger charge is 2.48. The number of carboxylic acids is 1. The van der Waals surface area contributed by atoms with Gasteiger partial charge in [0.1, 0.15) is 16.7 Å². The number of carboxylic acid groups (broad SMARTS) is 1. The zero-order chi connectivity index (χ0) is 51.8. The first-order valence-electron chi connectivity index (χ1n) is 22.5. The molecule has 2 aromatic carbocycles. The minimum atomic E-state index is -4.88. The average molecular weight is 1060 g/mol. The van der Waals surface area contributed by atoms with E-state index in [1.807, 2.05) is 9.48 Å². The Morgan fingerprint density at radius 1 is 0.686 bits per heavy atom. The molecule has 2 aliphatic heterocycles. The number of benzene rings is 2. The molecule has 2 unspecified atom stereocenters. The van der Waals surface area contributed by atoms with Crippen LogP contribution in [0, 0.1) is 0 Å². The molecule has 0 bridgehead atoms. The Kier molecular flexibility index (Phi) is 21.7. The van der Waals surface area contributed by atoms with Crippen molar-refractivity contribution in [3.63, 3.8) is 0 Å². The van der Waals surface area contributed by atoms with Crippen molar-refractivity contribution in [3.8, 4) is 0 Å². The molecule has 70 heavy (non-hydrogen) atoms. The Bertz CT molecular complexity index is 2750. The molecular weight excluding hydrogens is 997 g/mol. The van der Waals surface area contributed by atoms with Gasteiger partial charge in [0, 0.05) is 61.0 Å². The number of aliphatic carboxylic acids is 1. The number of hydrogen-bond acceptors (Lipinski definition) is 15. The largest absolute Gasteiger partial charge is 0.744 e. The maximum absolute atomic E-state index is 12.3. The number of anilines is 1. The normalized spacial score (nSPS) is 19.4. The van der Waals surface area contributed by atoms with E-state index in [2.05, 4.69) is 0 Å². The fraction of sp³-hybridized carbons (Fsp3) is 0.522. The Labute approximate surface area is 411 Å². The van der Waals surface area contributed by atoms with Crippen molar-refractivity contribution < 1.29 is 85.3 Å². The molecule has 390 valence electrons. The van der Waals surface area contributed by atoms with Crippen LogP contribution in [0.25, 0.3) is 0 Å². The molecule has 2 aromatic rings. The van der Waals surface area contributed by atoms with Crippen LogP contribution in [0.4, 0.5) is 11.4 Å². The van der Waals surface area contributed by atoms with Crippen molar-refractivity contribution in [2.45, 2.75) is 85.8 Å². The molecule has 0 fully saturated rings. The Morgan fingerprint density at radius 2 is 1.24 bits per heavy atom. The van der Waals surface area contributed by atoms with E-state index < -0.39 is 73.7 Å². The molecule has 0 aliphatic carbocycles. The first kappa shape index (κ1) is 58.4. The van der Waals surface area contributed by atoms with Gasteiger partial charge in [-0.15, -0.1) is 0 Å². The van der Waals surface area contributed by atoms with E-state index in [0.29, 0.717) is 86.1 Å². The number of fused-ring (bicyclic) bond motifs is 2. The third kappa shape index (κ3) is 17.3. The molecule has 2 aliphatic rings. The van der Waals surface area contributed by atoms with Gasteiger partial charge in [0.05, 0.1) is 73.0 Å². The van der Waals surface area contributed by atoms with Gasteiger partial charge in [0.2, 0.25) is 5.69 Å². The molecule has 2 heterocycles. The lowest BCUT2D eigenvalue weighted by Gasteiger charge is -2.30. The SMILES string of the molecule is COCCOCCOCCOCCN1C(=CC=CC=CC=CC2=[N+](CCCCCC(=O)O)c3ccc(S(=O)(=O)O)cc3C2(C)CCCS(=O)(=O)O)C(C)(CCCS(=O)(=O)O)c2cc(S(=O)(=O)[O-])ccc21. The number of rotatable bonds is 32. The Hall–Kier alpha value is -4.18. The van der Waals surface area contributed by atoms with Crippen molar-refractivity contribution in [2.75, 3.05) is 82.9 Å². The van der Waals surface area contributed by atoms with Gasteiger partial charge in [-0.1, -0.05) is 30.4 Å². The monoisotopic (exact) mass is 1060 g/mol. The summed E-state index contributed by atoms with van der Waals surface area (Å²) in [5, 5.41) is 9.14. The zero-order valence-electron chi connectivity index (χ0n) is 39.5. The third-order valence-electron chi connectivity index (χ3n) is 12.0.